The number of fused-ring (bicyclic) bond motifs is 1. The van der Waals surface area contributed by atoms with Gasteiger partial charge in [-0.25, -0.2) is 4.68 Å². The van der Waals surface area contributed by atoms with Crippen molar-refractivity contribution in [2.45, 2.75) is 32.2 Å². The Labute approximate surface area is 278 Å². The van der Waals surface area contributed by atoms with E-state index in [-0.39, 0.29) is 0 Å². The van der Waals surface area contributed by atoms with Gasteiger partial charge >= 0.3 is 0 Å². The van der Waals surface area contributed by atoms with Gasteiger partial charge in [0.1, 0.15) is 11.4 Å². The van der Waals surface area contributed by atoms with E-state index in [1.807, 2.05) is 35.9 Å². The molecule has 0 saturated carbocycles. The number of tetrazole rings is 1. The molecule has 0 saturated heterocycles. The molecule has 0 aliphatic heterocycles. The highest BCUT2D eigenvalue weighted by molar-refractivity contribution is 5.81. The first-order valence-electron chi connectivity index (χ1n) is 16.2. The number of nitrogens with zero attached hydrogens (tertiary/aromatic N) is 7. The van der Waals surface area contributed by atoms with Crippen LogP contribution in [0.4, 0.5) is 0 Å². The van der Waals surface area contributed by atoms with Gasteiger partial charge < -0.3 is 4.98 Å². The summed E-state index contributed by atoms with van der Waals surface area (Å²) in [5.74, 6) is 1.53. The molecule has 0 unspecified atom stereocenters. The van der Waals surface area contributed by atoms with Crippen LogP contribution in [0.25, 0.3) is 28.2 Å². The average Bonchev–Trinajstić information content (AvgIpc) is 3.86. The van der Waals surface area contributed by atoms with Crippen LogP contribution in [0.3, 0.4) is 0 Å². The average molecular weight is 627 g/mol. The molecule has 0 fully saturated rings. The largest absolute Gasteiger partial charge is 0.325 e. The number of benzene rings is 5. The van der Waals surface area contributed by atoms with E-state index in [1.165, 1.54) is 11.1 Å². The van der Waals surface area contributed by atoms with E-state index in [2.05, 4.69) is 137 Å². The number of aryl methyl sites for hydroxylation is 2. The maximum atomic E-state index is 4.77. The molecule has 0 aliphatic rings. The molecule has 234 valence electrons. The van der Waals surface area contributed by atoms with E-state index < -0.39 is 5.54 Å². The fourth-order valence-electron chi connectivity index (χ4n) is 6.91. The third kappa shape index (κ3) is 4.89. The highest BCUT2D eigenvalue weighted by Crippen LogP contribution is 2.43. The highest BCUT2D eigenvalue weighted by Gasteiger charge is 2.42. The van der Waals surface area contributed by atoms with Crippen LogP contribution in [0, 0.1) is 6.92 Å². The number of H-pyrrole nitrogens is 1. The van der Waals surface area contributed by atoms with Crippen LogP contribution in [0.5, 0.6) is 0 Å². The number of rotatable bonds is 9. The van der Waals surface area contributed by atoms with Crippen LogP contribution in [0.15, 0.2) is 140 Å². The smallest absolute Gasteiger partial charge is 0.184 e. The molecule has 48 heavy (non-hydrogen) atoms. The molecule has 0 radical (unpaired) electrons. The highest BCUT2D eigenvalue weighted by atomic mass is 15.6. The number of nitrogens with one attached hydrogen (secondary N) is 1. The zero-order valence-electron chi connectivity index (χ0n) is 26.8. The van der Waals surface area contributed by atoms with E-state index >= 15 is 0 Å². The molecule has 3 aromatic heterocycles. The van der Waals surface area contributed by atoms with Crippen molar-refractivity contribution in [1.29, 1.82) is 0 Å². The molecular formula is C40H34N8. The van der Waals surface area contributed by atoms with Gasteiger partial charge in [-0.05, 0) is 57.2 Å². The Bertz CT molecular complexity index is 2200. The summed E-state index contributed by atoms with van der Waals surface area (Å²) in [6.45, 7) is 4.09. The van der Waals surface area contributed by atoms with Crippen molar-refractivity contribution in [3.8, 4) is 22.5 Å². The molecule has 8 aromatic rings. The van der Waals surface area contributed by atoms with Crippen molar-refractivity contribution in [2.75, 3.05) is 0 Å². The lowest BCUT2D eigenvalue weighted by atomic mass is 9.77. The molecule has 0 amide bonds. The zero-order chi connectivity index (χ0) is 32.5. The van der Waals surface area contributed by atoms with Crippen molar-refractivity contribution in [1.82, 2.24) is 40.0 Å². The fraction of sp³-hybridized carbons (Fsp3) is 0.125. The zero-order valence-corrected chi connectivity index (χ0v) is 26.8. The minimum atomic E-state index is -0.835. The second-order valence-electron chi connectivity index (χ2n) is 12.0. The summed E-state index contributed by atoms with van der Waals surface area (Å²) in [5.41, 5.74) is 9.84. The van der Waals surface area contributed by atoms with Crippen molar-refractivity contribution in [2.24, 2.45) is 0 Å². The van der Waals surface area contributed by atoms with Crippen LogP contribution >= 0.6 is 0 Å². The van der Waals surface area contributed by atoms with Gasteiger partial charge in [-0.3, -0.25) is 0 Å². The number of aromatic nitrogens is 8. The molecule has 5 aromatic carbocycles. The Balaban J connectivity index is 1.25. The second kappa shape index (κ2) is 12.2. The molecular weight excluding hydrogens is 592 g/mol. The molecule has 3 heterocycles. The lowest BCUT2D eigenvalue weighted by molar-refractivity contribution is 0.451. The molecule has 0 bridgehead atoms. The van der Waals surface area contributed by atoms with Crippen molar-refractivity contribution in [3.05, 3.63) is 179 Å². The Kier molecular flexibility index (Phi) is 7.45. The summed E-state index contributed by atoms with van der Waals surface area (Å²) >= 11 is 0. The van der Waals surface area contributed by atoms with Gasteiger partial charge in [0.15, 0.2) is 11.5 Å². The molecule has 0 spiro atoms. The van der Waals surface area contributed by atoms with Crippen molar-refractivity contribution < 1.29 is 0 Å². The Hall–Kier alpha value is -6.15. The van der Waals surface area contributed by atoms with Gasteiger partial charge in [-0.15, -0.1) is 14.8 Å². The van der Waals surface area contributed by atoms with E-state index in [1.54, 1.807) is 4.63 Å². The summed E-state index contributed by atoms with van der Waals surface area (Å²) in [4.78, 5) is 3.38. The van der Waals surface area contributed by atoms with Gasteiger partial charge in [0.25, 0.3) is 0 Å². The first-order valence-corrected chi connectivity index (χ1v) is 16.2. The minimum Gasteiger partial charge on any atom is -0.325 e. The third-order valence-electron chi connectivity index (χ3n) is 9.10. The molecule has 0 aliphatic carbocycles. The first kappa shape index (κ1) is 29.3. The maximum absolute atomic E-state index is 4.77. The van der Waals surface area contributed by atoms with Crippen molar-refractivity contribution in [3.63, 3.8) is 0 Å². The number of hydrogen-bond donors (Lipinski definition) is 1. The fourth-order valence-corrected chi connectivity index (χ4v) is 6.91. The normalized spacial score (nSPS) is 11.7. The summed E-state index contributed by atoms with van der Waals surface area (Å²) in [6, 6.07) is 48.6. The SMILES string of the molecule is CCc1nn2nc(C)[nH]c2c1Cc1ccc(-c2ccccc2-c2nnnn2C(c2ccccc2)(c2ccccc2)c2ccccc2)cc1. The molecule has 8 rings (SSSR count). The predicted octanol–water partition coefficient (Wildman–Crippen LogP) is 7.68. The first-order chi connectivity index (χ1) is 23.7. The second-order valence-corrected chi connectivity index (χ2v) is 12.0. The van der Waals surface area contributed by atoms with Gasteiger partial charge in [-0.1, -0.05) is 146 Å². The van der Waals surface area contributed by atoms with Crippen LogP contribution < -0.4 is 0 Å². The number of hydrogen-bond acceptors (Lipinski definition) is 5. The number of aromatic amines is 1. The molecule has 8 nitrogen and oxygen atoms in total. The van der Waals surface area contributed by atoms with Crippen LogP contribution in [0.1, 0.15) is 46.3 Å². The lowest BCUT2D eigenvalue weighted by Gasteiger charge is -2.36. The summed E-state index contributed by atoms with van der Waals surface area (Å²) in [5, 5.41) is 23.0. The maximum Gasteiger partial charge on any atom is 0.184 e. The molecule has 0 atom stereocenters. The topological polar surface area (TPSA) is 89.6 Å². The predicted molar refractivity (Wildman–Crippen MR) is 188 cm³/mol. The van der Waals surface area contributed by atoms with Gasteiger partial charge in [0.2, 0.25) is 0 Å². The third-order valence-corrected chi connectivity index (χ3v) is 9.10. The van der Waals surface area contributed by atoms with Gasteiger partial charge in [-0.2, -0.15) is 5.10 Å². The monoisotopic (exact) mass is 626 g/mol. The minimum absolute atomic E-state index is 0.677. The Morgan fingerprint density at radius 2 is 1.21 bits per heavy atom. The van der Waals surface area contributed by atoms with Gasteiger partial charge in [0.05, 0.1) is 5.69 Å². The van der Waals surface area contributed by atoms with E-state index in [4.69, 9.17) is 15.4 Å². The lowest BCUT2D eigenvalue weighted by Crippen LogP contribution is -2.39. The van der Waals surface area contributed by atoms with E-state index in [0.717, 1.165) is 63.4 Å². The summed E-state index contributed by atoms with van der Waals surface area (Å²) in [7, 11) is 0. The van der Waals surface area contributed by atoms with E-state index in [9.17, 15) is 0 Å². The Morgan fingerprint density at radius 3 is 1.79 bits per heavy atom. The summed E-state index contributed by atoms with van der Waals surface area (Å²) in [6.07, 6.45) is 1.62. The van der Waals surface area contributed by atoms with Crippen LogP contribution in [0.2, 0.25) is 0 Å². The summed E-state index contributed by atoms with van der Waals surface area (Å²) < 4.78 is 3.71. The van der Waals surface area contributed by atoms with E-state index in [0.29, 0.717) is 5.82 Å². The quantitative estimate of drug-likeness (QED) is 0.166. The molecule has 1 N–H and O–H groups in total. The van der Waals surface area contributed by atoms with Crippen LogP contribution in [-0.2, 0) is 18.4 Å². The van der Waals surface area contributed by atoms with Crippen LogP contribution in [-0.4, -0.2) is 40.0 Å². The van der Waals surface area contributed by atoms with Crippen molar-refractivity contribution >= 4 is 5.65 Å². The Morgan fingerprint density at radius 1 is 0.646 bits per heavy atom. The van der Waals surface area contributed by atoms with Gasteiger partial charge in [0, 0.05) is 17.5 Å². The standard InChI is InChI=1S/C40H34N8/c1-3-37-36(38-41-28(2)43-48(38)44-37)27-29-23-25-30(26-24-29)34-21-13-14-22-35(34)39-42-45-46-47(39)40(31-15-7-4-8-16-31,32-17-9-5-10-18-32)33-19-11-6-12-20-33/h4-26H,3,27H2,1-2H3,(H,41,43). The molecule has 8 heteroatoms.